The van der Waals surface area contributed by atoms with Crippen molar-refractivity contribution in [2.75, 3.05) is 26.3 Å². The molecule has 0 amide bonds. The fraction of sp³-hybridized carbons (Fsp3) is 0.933. The Morgan fingerprint density at radius 3 is 2.26 bits per heavy atom. The Balaban J connectivity index is 1.91. The van der Waals surface area contributed by atoms with Crippen LogP contribution in [0.4, 0.5) is 0 Å². The van der Waals surface area contributed by atoms with Crippen LogP contribution in [0.2, 0.25) is 0 Å². The minimum absolute atomic E-state index is 0.00339. The maximum absolute atomic E-state index is 9.55. The molecule has 0 saturated carbocycles. The molecular weight excluding hydrogens is 238 g/mol. The Kier molecular flexibility index (Phi) is 4.50. The van der Waals surface area contributed by atoms with Crippen LogP contribution in [0.15, 0.2) is 0 Å². The lowest BCUT2D eigenvalue weighted by atomic mass is 9.85. The molecule has 0 bridgehead atoms. The number of hydrogen-bond donors (Lipinski definition) is 1. The zero-order chi connectivity index (χ0) is 13.9. The van der Waals surface area contributed by atoms with E-state index in [2.05, 4.69) is 37.1 Å². The van der Waals surface area contributed by atoms with Crippen molar-refractivity contribution in [1.29, 1.82) is 5.26 Å². The quantitative estimate of drug-likeness (QED) is 0.828. The fourth-order valence-electron chi connectivity index (χ4n) is 3.30. The molecule has 0 aromatic heterocycles. The summed E-state index contributed by atoms with van der Waals surface area (Å²) in [7, 11) is 0. The van der Waals surface area contributed by atoms with Crippen LogP contribution in [0.3, 0.4) is 0 Å². The molecule has 4 nitrogen and oxygen atoms in total. The van der Waals surface area contributed by atoms with Crippen LogP contribution < -0.4 is 5.32 Å². The minimum Gasteiger partial charge on any atom is -0.381 e. The van der Waals surface area contributed by atoms with E-state index in [1.165, 1.54) is 0 Å². The minimum atomic E-state index is -0.333. The van der Waals surface area contributed by atoms with E-state index in [4.69, 9.17) is 4.74 Å². The lowest BCUT2D eigenvalue weighted by Crippen LogP contribution is -2.59. The van der Waals surface area contributed by atoms with Crippen molar-refractivity contribution in [3.8, 4) is 6.07 Å². The molecule has 108 valence electrons. The summed E-state index contributed by atoms with van der Waals surface area (Å²) in [6.45, 7) is 10.3. The summed E-state index contributed by atoms with van der Waals surface area (Å²) >= 11 is 0. The number of hydrogen-bond acceptors (Lipinski definition) is 4. The molecular formula is C15H27N3O. The monoisotopic (exact) mass is 265 g/mol. The van der Waals surface area contributed by atoms with Gasteiger partial charge in [-0.2, -0.15) is 5.26 Å². The topological polar surface area (TPSA) is 48.3 Å². The molecule has 2 saturated heterocycles. The number of piperidine rings is 1. The van der Waals surface area contributed by atoms with Crippen molar-refractivity contribution >= 4 is 0 Å². The summed E-state index contributed by atoms with van der Waals surface area (Å²) < 4.78 is 5.43. The van der Waals surface area contributed by atoms with Crippen molar-refractivity contribution in [3.05, 3.63) is 0 Å². The number of nitriles is 1. The molecule has 0 aliphatic carbocycles. The van der Waals surface area contributed by atoms with E-state index < -0.39 is 0 Å². The largest absolute Gasteiger partial charge is 0.381 e. The van der Waals surface area contributed by atoms with Gasteiger partial charge in [-0.1, -0.05) is 0 Å². The SMILES string of the molecule is CC(C)(C)NC1(C#N)CCN(C2CCOCC2)CC1. The molecule has 2 aliphatic rings. The smallest absolute Gasteiger partial charge is 0.109 e. The van der Waals surface area contributed by atoms with Gasteiger partial charge in [0, 0.05) is 37.9 Å². The van der Waals surface area contributed by atoms with Gasteiger partial charge in [0.05, 0.1) is 6.07 Å². The Hall–Kier alpha value is -0.630. The third-order valence-corrected chi connectivity index (χ3v) is 4.19. The molecule has 2 rings (SSSR count). The third-order valence-electron chi connectivity index (χ3n) is 4.19. The molecule has 0 unspecified atom stereocenters. The average molecular weight is 265 g/mol. The highest BCUT2D eigenvalue weighted by atomic mass is 16.5. The standard InChI is InChI=1S/C15H27N3O/c1-14(2,3)17-15(12-16)6-8-18(9-7-15)13-4-10-19-11-5-13/h13,17H,4-11H2,1-3H3. The second-order valence-electron chi connectivity index (χ2n) is 6.95. The molecule has 0 radical (unpaired) electrons. The maximum atomic E-state index is 9.55. The number of ether oxygens (including phenoxy) is 1. The van der Waals surface area contributed by atoms with Gasteiger partial charge in [0.1, 0.15) is 5.54 Å². The van der Waals surface area contributed by atoms with E-state index in [1.54, 1.807) is 0 Å². The first-order chi connectivity index (χ1) is 8.94. The summed E-state index contributed by atoms with van der Waals surface area (Å²) in [5.74, 6) is 0. The van der Waals surface area contributed by atoms with Gasteiger partial charge < -0.3 is 4.74 Å². The highest BCUT2D eigenvalue weighted by Crippen LogP contribution is 2.27. The van der Waals surface area contributed by atoms with E-state index in [9.17, 15) is 5.26 Å². The zero-order valence-electron chi connectivity index (χ0n) is 12.5. The molecule has 2 fully saturated rings. The zero-order valence-corrected chi connectivity index (χ0v) is 12.5. The molecule has 0 atom stereocenters. The second-order valence-corrected chi connectivity index (χ2v) is 6.95. The normalized spacial score (nSPS) is 26.0. The van der Waals surface area contributed by atoms with E-state index in [0.29, 0.717) is 6.04 Å². The maximum Gasteiger partial charge on any atom is 0.109 e. The van der Waals surface area contributed by atoms with Gasteiger partial charge >= 0.3 is 0 Å². The Bertz CT molecular complexity index is 328. The third kappa shape index (κ3) is 3.92. The first-order valence-electron chi connectivity index (χ1n) is 7.47. The summed E-state index contributed by atoms with van der Waals surface area (Å²) in [4.78, 5) is 2.56. The van der Waals surface area contributed by atoms with Crippen LogP contribution in [-0.4, -0.2) is 48.3 Å². The average Bonchev–Trinajstić information content (AvgIpc) is 2.39. The van der Waals surface area contributed by atoms with Gasteiger partial charge in [-0.15, -0.1) is 0 Å². The molecule has 2 aliphatic heterocycles. The van der Waals surface area contributed by atoms with Crippen LogP contribution in [0, 0.1) is 11.3 Å². The highest BCUT2D eigenvalue weighted by Gasteiger charge is 2.39. The van der Waals surface area contributed by atoms with Crippen molar-refractivity contribution in [2.24, 2.45) is 0 Å². The van der Waals surface area contributed by atoms with Crippen LogP contribution in [-0.2, 0) is 4.74 Å². The molecule has 1 N–H and O–H groups in total. The fourth-order valence-corrected chi connectivity index (χ4v) is 3.30. The van der Waals surface area contributed by atoms with Gasteiger partial charge in [0.2, 0.25) is 0 Å². The van der Waals surface area contributed by atoms with Crippen LogP contribution in [0.1, 0.15) is 46.5 Å². The molecule has 0 spiro atoms. The Labute approximate surface area is 117 Å². The molecule has 2 heterocycles. The van der Waals surface area contributed by atoms with Crippen molar-refractivity contribution in [3.63, 3.8) is 0 Å². The van der Waals surface area contributed by atoms with Crippen LogP contribution >= 0.6 is 0 Å². The van der Waals surface area contributed by atoms with Crippen LogP contribution in [0.5, 0.6) is 0 Å². The van der Waals surface area contributed by atoms with E-state index in [-0.39, 0.29) is 11.1 Å². The lowest BCUT2D eigenvalue weighted by molar-refractivity contribution is 0.0172. The summed E-state index contributed by atoms with van der Waals surface area (Å²) in [5.41, 5.74) is -0.337. The number of nitrogens with zero attached hydrogens (tertiary/aromatic N) is 2. The number of nitrogens with one attached hydrogen (secondary N) is 1. The number of rotatable bonds is 2. The summed E-state index contributed by atoms with van der Waals surface area (Å²) in [6, 6.07) is 3.20. The van der Waals surface area contributed by atoms with Gasteiger partial charge in [0.15, 0.2) is 0 Å². The predicted octanol–water partition coefficient (Wildman–Crippen LogP) is 1.91. The van der Waals surface area contributed by atoms with E-state index >= 15 is 0 Å². The number of likely N-dealkylation sites (tertiary alicyclic amines) is 1. The second kappa shape index (κ2) is 5.78. The summed E-state index contributed by atoms with van der Waals surface area (Å²) in [6.07, 6.45) is 4.15. The van der Waals surface area contributed by atoms with Crippen LogP contribution in [0.25, 0.3) is 0 Å². The van der Waals surface area contributed by atoms with Crippen molar-refractivity contribution in [2.45, 2.75) is 63.6 Å². The highest BCUT2D eigenvalue weighted by molar-refractivity contribution is 5.12. The molecule has 19 heavy (non-hydrogen) atoms. The predicted molar refractivity (Wildman–Crippen MR) is 75.9 cm³/mol. The van der Waals surface area contributed by atoms with Gasteiger partial charge in [-0.25, -0.2) is 0 Å². The Morgan fingerprint density at radius 2 is 1.79 bits per heavy atom. The molecule has 4 heteroatoms. The van der Waals surface area contributed by atoms with Crippen molar-refractivity contribution < 1.29 is 4.74 Å². The first-order valence-corrected chi connectivity index (χ1v) is 7.47. The summed E-state index contributed by atoms with van der Waals surface area (Å²) in [5, 5.41) is 13.1. The van der Waals surface area contributed by atoms with E-state index in [0.717, 1.165) is 52.0 Å². The molecule has 0 aromatic carbocycles. The lowest BCUT2D eigenvalue weighted by Gasteiger charge is -2.44. The Morgan fingerprint density at radius 1 is 1.21 bits per heavy atom. The van der Waals surface area contributed by atoms with E-state index in [1.807, 2.05) is 0 Å². The van der Waals surface area contributed by atoms with Crippen molar-refractivity contribution in [1.82, 2.24) is 10.2 Å². The first kappa shape index (κ1) is 14.8. The van der Waals surface area contributed by atoms with Gasteiger partial charge in [-0.05, 0) is 46.5 Å². The van der Waals surface area contributed by atoms with Gasteiger partial charge in [0.25, 0.3) is 0 Å². The molecule has 0 aromatic rings. The van der Waals surface area contributed by atoms with Gasteiger partial charge in [-0.3, -0.25) is 10.2 Å².